The number of rotatable bonds is 1. The van der Waals surface area contributed by atoms with Crippen LogP contribution in [0.15, 0.2) is 71.3 Å². The van der Waals surface area contributed by atoms with Gasteiger partial charge in [0.25, 0.3) is 0 Å². The summed E-state index contributed by atoms with van der Waals surface area (Å²) in [5, 5.41) is 8.48. The number of aromatic nitrogens is 2. The van der Waals surface area contributed by atoms with Gasteiger partial charge in [-0.2, -0.15) is 5.10 Å². The number of anilines is 1. The van der Waals surface area contributed by atoms with Crippen LogP contribution in [0.5, 0.6) is 5.88 Å². The molecule has 4 nitrogen and oxygen atoms in total. The molecule has 2 aliphatic rings. The average molecular weight is 347 g/mol. The number of fused-ring (bicyclic) bond motifs is 3. The molecule has 1 atom stereocenters. The van der Waals surface area contributed by atoms with Crippen molar-refractivity contribution in [3.05, 3.63) is 77.7 Å². The molecular formula is C20H17N3OS. The Morgan fingerprint density at radius 2 is 1.80 bits per heavy atom. The monoisotopic (exact) mass is 347 g/mol. The molecule has 3 aromatic rings. The van der Waals surface area contributed by atoms with Crippen molar-refractivity contribution in [3.63, 3.8) is 0 Å². The van der Waals surface area contributed by atoms with Gasteiger partial charge in [0.2, 0.25) is 5.88 Å². The standard InChI is InChI=1S/C20H17N3OS/c1-13-12-20(21-16-10-6-7-11-17(16)25-20)18-14(2)22-23(19(18)24-13)15-8-4-3-5-9-15/h3-12,21H,1-2H3. The summed E-state index contributed by atoms with van der Waals surface area (Å²) < 4.78 is 8.03. The highest BCUT2D eigenvalue weighted by atomic mass is 32.2. The molecule has 124 valence electrons. The molecule has 2 aliphatic heterocycles. The third kappa shape index (κ3) is 2.12. The molecule has 0 amide bonds. The summed E-state index contributed by atoms with van der Waals surface area (Å²) in [6.07, 6.45) is 2.16. The van der Waals surface area contributed by atoms with E-state index in [1.54, 1.807) is 0 Å². The lowest BCUT2D eigenvalue weighted by atomic mass is 10.0. The van der Waals surface area contributed by atoms with Crippen molar-refractivity contribution in [3.8, 4) is 11.6 Å². The highest BCUT2D eigenvalue weighted by Crippen LogP contribution is 2.57. The zero-order chi connectivity index (χ0) is 17.0. The van der Waals surface area contributed by atoms with Gasteiger partial charge in [0.05, 0.1) is 16.9 Å². The average Bonchev–Trinajstić information content (AvgIpc) is 3.13. The first kappa shape index (κ1) is 14.7. The maximum atomic E-state index is 6.13. The van der Waals surface area contributed by atoms with E-state index in [0.717, 1.165) is 34.3 Å². The van der Waals surface area contributed by atoms with Gasteiger partial charge in [-0.3, -0.25) is 0 Å². The number of thioether (sulfide) groups is 1. The molecule has 1 N–H and O–H groups in total. The number of aryl methyl sites for hydroxylation is 1. The van der Waals surface area contributed by atoms with E-state index in [1.807, 2.05) is 60.6 Å². The Labute approximate surface area is 150 Å². The quantitative estimate of drug-likeness (QED) is 0.683. The Hall–Kier alpha value is -2.66. The Morgan fingerprint density at radius 1 is 1.04 bits per heavy atom. The summed E-state index contributed by atoms with van der Waals surface area (Å²) in [6.45, 7) is 4.04. The van der Waals surface area contributed by atoms with Gasteiger partial charge in [-0.25, -0.2) is 4.68 Å². The fraction of sp³-hybridized carbons (Fsp3) is 0.150. The number of ether oxygens (including phenoxy) is 1. The van der Waals surface area contributed by atoms with Crippen molar-refractivity contribution < 1.29 is 4.74 Å². The molecule has 2 aromatic carbocycles. The minimum atomic E-state index is -0.377. The first-order valence-electron chi connectivity index (χ1n) is 8.25. The van der Waals surface area contributed by atoms with Gasteiger partial charge < -0.3 is 10.1 Å². The summed E-state index contributed by atoms with van der Waals surface area (Å²) in [7, 11) is 0. The van der Waals surface area contributed by atoms with Crippen molar-refractivity contribution in [2.24, 2.45) is 0 Å². The number of hydrogen-bond donors (Lipinski definition) is 1. The second kappa shape index (κ2) is 5.17. The van der Waals surface area contributed by atoms with Crippen LogP contribution in [0.3, 0.4) is 0 Å². The second-order valence-corrected chi connectivity index (χ2v) is 7.62. The fourth-order valence-corrected chi connectivity index (χ4v) is 4.99. The van der Waals surface area contributed by atoms with Gasteiger partial charge in [-0.05, 0) is 44.2 Å². The zero-order valence-corrected chi connectivity index (χ0v) is 14.8. The summed E-state index contributed by atoms with van der Waals surface area (Å²) in [4.78, 5) is 0.865. The van der Waals surface area contributed by atoms with E-state index in [1.165, 1.54) is 4.90 Å². The zero-order valence-electron chi connectivity index (χ0n) is 14.0. The largest absolute Gasteiger partial charge is 0.443 e. The van der Waals surface area contributed by atoms with Crippen LogP contribution in [0.2, 0.25) is 0 Å². The molecule has 1 aromatic heterocycles. The Bertz CT molecular complexity index is 982. The number of para-hydroxylation sites is 2. The molecule has 0 bridgehead atoms. The third-order valence-electron chi connectivity index (χ3n) is 4.53. The molecule has 0 aliphatic carbocycles. The van der Waals surface area contributed by atoms with Crippen LogP contribution in [0.25, 0.3) is 5.69 Å². The van der Waals surface area contributed by atoms with Gasteiger partial charge in [0.15, 0.2) is 0 Å². The maximum Gasteiger partial charge on any atom is 0.229 e. The van der Waals surface area contributed by atoms with Crippen molar-refractivity contribution >= 4 is 17.4 Å². The first-order valence-corrected chi connectivity index (χ1v) is 9.07. The van der Waals surface area contributed by atoms with E-state index in [4.69, 9.17) is 9.84 Å². The lowest BCUT2D eigenvalue weighted by Gasteiger charge is -2.31. The van der Waals surface area contributed by atoms with Crippen molar-refractivity contribution in [2.45, 2.75) is 23.6 Å². The van der Waals surface area contributed by atoms with Gasteiger partial charge in [-0.15, -0.1) is 0 Å². The Balaban J connectivity index is 1.71. The third-order valence-corrected chi connectivity index (χ3v) is 5.85. The summed E-state index contributed by atoms with van der Waals surface area (Å²) >= 11 is 1.81. The minimum Gasteiger partial charge on any atom is -0.443 e. The number of allylic oxidation sites excluding steroid dienone is 1. The molecule has 0 radical (unpaired) electrons. The van der Waals surface area contributed by atoms with Gasteiger partial charge in [-0.1, -0.05) is 42.1 Å². The molecule has 0 fully saturated rings. The van der Waals surface area contributed by atoms with Gasteiger partial charge in [0, 0.05) is 10.6 Å². The molecule has 1 spiro atoms. The van der Waals surface area contributed by atoms with Crippen LogP contribution in [0.4, 0.5) is 5.69 Å². The SMILES string of the molecule is CC1=CC2(Nc3ccccc3S2)c2c(C)nn(-c3ccccc3)c2O1. The smallest absolute Gasteiger partial charge is 0.229 e. The Kier molecular flexibility index (Phi) is 3.03. The summed E-state index contributed by atoms with van der Waals surface area (Å²) in [5.74, 6) is 1.66. The number of nitrogens with one attached hydrogen (secondary N) is 1. The highest BCUT2D eigenvalue weighted by molar-refractivity contribution is 8.01. The molecule has 1 unspecified atom stereocenters. The number of benzene rings is 2. The van der Waals surface area contributed by atoms with Gasteiger partial charge in [0.1, 0.15) is 10.6 Å². The lowest BCUT2D eigenvalue weighted by Crippen LogP contribution is -2.30. The lowest BCUT2D eigenvalue weighted by molar-refractivity contribution is 0.374. The number of nitrogens with zero attached hydrogens (tertiary/aromatic N) is 2. The molecule has 0 saturated carbocycles. The predicted molar refractivity (Wildman–Crippen MR) is 100 cm³/mol. The molecule has 5 heteroatoms. The normalized spacial score (nSPS) is 20.5. The van der Waals surface area contributed by atoms with E-state index in [2.05, 4.69) is 35.7 Å². The van der Waals surface area contributed by atoms with Gasteiger partial charge >= 0.3 is 0 Å². The van der Waals surface area contributed by atoms with Crippen molar-refractivity contribution in [1.29, 1.82) is 0 Å². The summed E-state index contributed by atoms with van der Waals surface area (Å²) in [5.41, 5.74) is 4.20. The minimum absolute atomic E-state index is 0.377. The van der Waals surface area contributed by atoms with Crippen LogP contribution in [-0.4, -0.2) is 9.78 Å². The van der Waals surface area contributed by atoms with Crippen molar-refractivity contribution in [1.82, 2.24) is 9.78 Å². The predicted octanol–water partition coefficient (Wildman–Crippen LogP) is 4.85. The van der Waals surface area contributed by atoms with E-state index in [0.29, 0.717) is 0 Å². The second-order valence-electron chi connectivity index (χ2n) is 6.33. The highest BCUT2D eigenvalue weighted by Gasteiger charge is 2.46. The van der Waals surface area contributed by atoms with Crippen LogP contribution in [0, 0.1) is 6.92 Å². The van der Waals surface area contributed by atoms with E-state index >= 15 is 0 Å². The maximum absolute atomic E-state index is 6.13. The summed E-state index contributed by atoms with van der Waals surface area (Å²) in [6, 6.07) is 18.5. The van der Waals surface area contributed by atoms with E-state index in [-0.39, 0.29) is 4.87 Å². The molecule has 0 saturated heterocycles. The van der Waals surface area contributed by atoms with Crippen LogP contribution in [0.1, 0.15) is 18.2 Å². The number of hydrogen-bond acceptors (Lipinski definition) is 4. The van der Waals surface area contributed by atoms with E-state index < -0.39 is 0 Å². The van der Waals surface area contributed by atoms with Crippen LogP contribution in [-0.2, 0) is 4.87 Å². The van der Waals surface area contributed by atoms with Crippen LogP contribution >= 0.6 is 11.8 Å². The van der Waals surface area contributed by atoms with Crippen molar-refractivity contribution in [2.75, 3.05) is 5.32 Å². The van der Waals surface area contributed by atoms with Crippen LogP contribution < -0.4 is 10.1 Å². The Morgan fingerprint density at radius 3 is 2.60 bits per heavy atom. The molecular weight excluding hydrogens is 330 g/mol. The molecule has 3 heterocycles. The molecule has 25 heavy (non-hydrogen) atoms. The molecule has 5 rings (SSSR count). The van der Waals surface area contributed by atoms with E-state index in [9.17, 15) is 0 Å². The first-order chi connectivity index (χ1) is 12.2. The fourth-order valence-electron chi connectivity index (χ4n) is 3.55. The topological polar surface area (TPSA) is 39.1 Å².